The topological polar surface area (TPSA) is 52.6 Å². The van der Waals surface area contributed by atoms with Crippen molar-refractivity contribution in [2.45, 2.75) is 27.2 Å². The molecule has 0 saturated heterocycles. The molecule has 5 heteroatoms. The van der Waals surface area contributed by atoms with Gasteiger partial charge in [0.05, 0.1) is 13.2 Å². The Hall–Kier alpha value is -1.55. The summed E-state index contributed by atoms with van der Waals surface area (Å²) >= 11 is 6.09. The molecule has 20 heavy (non-hydrogen) atoms. The molecule has 0 fully saturated rings. The number of benzene rings is 1. The van der Waals surface area contributed by atoms with Crippen molar-refractivity contribution in [3.05, 3.63) is 34.9 Å². The lowest BCUT2D eigenvalue weighted by Gasteiger charge is -2.25. The number of ether oxygens (including phenoxy) is 2. The van der Waals surface area contributed by atoms with Gasteiger partial charge in [0, 0.05) is 11.4 Å². The molecule has 4 nitrogen and oxygen atoms in total. The molecule has 0 unspecified atom stereocenters. The summed E-state index contributed by atoms with van der Waals surface area (Å²) in [5.41, 5.74) is -0.686. The van der Waals surface area contributed by atoms with Gasteiger partial charge in [0.2, 0.25) is 0 Å². The lowest BCUT2D eigenvalue weighted by atomic mass is 9.83. The van der Waals surface area contributed by atoms with Crippen LogP contribution in [0.15, 0.2) is 24.3 Å². The number of hydrogen-bond acceptors (Lipinski definition) is 4. The van der Waals surface area contributed by atoms with Gasteiger partial charge in [-0.2, -0.15) is 0 Å². The molecule has 0 aliphatic heterocycles. The van der Waals surface area contributed by atoms with Crippen LogP contribution in [0.25, 0.3) is 0 Å². The summed E-state index contributed by atoms with van der Waals surface area (Å²) in [5, 5.41) is 0.507. The van der Waals surface area contributed by atoms with E-state index in [1.807, 2.05) is 0 Å². The minimum atomic E-state index is -1.39. The molecule has 0 aliphatic carbocycles. The number of carbonyl (C=O) groups is 2. The van der Waals surface area contributed by atoms with E-state index in [1.54, 1.807) is 38.1 Å². The van der Waals surface area contributed by atoms with Crippen LogP contribution in [0.1, 0.15) is 26.3 Å². The zero-order valence-corrected chi connectivity index (χ0v) is 12.7. The fraction of sp³-hybridized carbons (Fsp3) is 0.467. The first kappa shape index (κ1) is 16.5. The molecule has 0 heterocycles. The third-order valence-electron chi connectivity index (χ3n) is 2.95. The van der Waals surface area contributed by atoms with E-state index in [1.165, 1.54) is 6.92 Å². The molecule has 110 valence electrons. The van der Waals surface area contributed by atoms with E-state index < -0.39 is 17.4 Å². The van der Waals surface area contributed by atoms with Gasteiger partial charge in [0.1, 0.15) is 0 Å². The number of rotatable bonds is 6. The summed E-state index contributed by atoms with van der Waals surface area (Å²) in [6.07, 6.45) is 0.143. The molecule has 1 aromatic rings. The molecule has 0 aromatic heterocycles. The highest BCUT2D eigenvalue weighted by molar-refractivity contribution is 6.31. The number of hydrogen-bond donors (Lipinski definition) is 0. The van der Waals surface area contributed by atoms with E-state index >= 15 is 0 Å². The Bertz CT molecular complexity index is 467. The first-order valence-electron chi connectivity index (χ1n) is 6.53. The molecule has 0 N–H and O–H groups in total. The molecule has 0 radical (unpaired) electrons. The van der Waals surface area contributed by atoms with Crippen molar-refractivity contribution >= 4 is 23.5 Å². The number of esters is 2. The average molecular weight is 299 g/mol. The van der Waals surface area contributed by atoms with Crippen LogP contribution in [0.5, 0.6) is 0 Å². The van der Waals surface area contributed by atoms with Crippen molar-refractivity contribution in [2.75, 3.05) is 13.2 Å². The van der Waals surface area contributed by atoms with Gasteiger partial charge in [-0.15, -0.1) is 0 Å². The van der Waals surface area contributed by atoms with Crippen LogP contribution in [0, 0.1) is 5.41 Å². The molecule has 0 aliphatic rings. The lowest BCUT2D eigenvalue weighted by molar-refractivity contribution is -0.170. The van der Waals surface area contributed by atoms with Gasteiger partial charge in [0.25, 0.3) is 0 Å². The highest BCUT2D eigenvalue weighted by Crippen LogP contribution is 2.29. The summed E-state index contributed by atoms with van der Waals surface area (Å²) in [6, 6.07) is 7.09. The van der Waals surface area contributed by atoms with Gasteiger partial charge < -0.3 is 9.47 Å². The van der Waals surface area contributed by atoms with Crippen molar-refractivity contribution in [3.63, 3.8) is 0 Å². The minimum absolute atomic E-state index is 0.143. The maximum Gasteiger partial charge on any atom is 0.323 e. The van der Waals surface area contributed by atoms with Gasteiger partial charge in [-0.1, -0.05) is 29.8 Å². The Balaban J connectivity index is 3.08. The van der Waals surface area contributed by atoms with E-state index in [9.17, 15) is 9.59 Å². The summed E-state index contributed by atoms with van der Waals surface area (Å²) in [5.74, 6) is -1.20. The second-order valence-electron chi connectivity index (χ2n) is 4.54. The fourth-order valence-electron chi connectivity index (χ4n) is 1.83. The van der Waals surface area contributed by atoms with Gasteiger partial charge in [-0.3, -0.25) is 9.59 Å². The van der Waals surface area contributed by atoms with Crippen LogP contribution in [-0.2, 0) is 25.5 Å². The molecule has 0 saturated carbocycles. The first-order chi connectivity index (χ1) is 9.45. The largest absolute Gasteiger partial charge is 0.465 e. The third kappa shape index (κ3) is 3.73. The highest BCUT2D eigenvalue weighted by atomic mass is 35.5. The maximum atomic E-state index is 12.1. The normalized spacial score (nSPS) is 11.0. The predicted molar refractivity (Wildman–Crippen MR) is 76.5 cm³/mol. The maximum absolute atomic E-state index is 12.1. The first-order valence-corrected chi connectivity index (χ1v) is 6.91. The standard InChI is InChI=1S/C15H19ClO4/c1-4-19-13(17)15(3,14(18)20-5-2)10-11-8-6-7-9-12(11)16/h6-9H,4-5,10H2,1-3H3. The van der Waals surface area contributed by atoms with Gasteiger partial charge in [0.15, 0.2) is 5.41 Å². The SMILES string of the molecule is CCOC(=O)C(C)(Cc1ccccc1Cl)C(=O)OCC. The zero-order valence-electron chi connectivity index (χ0n) is 11.9. The highest BCUT2D eigenvalue weighted by Gasteiger charge is 2.44. The van der Waals surface area contributed by atoms with Crippen molar-refractivity contribution in [3.8, 4) is 0 Å². The Morgan fingerprint density at radius 2 is 1.60 bits per heavy atom. The molecule has 0 amide bonds. The van der Waals surface area contributed by atoms with Crippen molar-refractivity contribution < 1.29 is 19.1 Å². The minimum Gasteiger partial charge on any atom is -0.465 e. The summed E-state index contributed by atoms with van der Waals surface area (Å²) in [4.78, 5) is 24.3. The van der Waals surface area contributed by atoms with Gasteiger partial charge in [-0.25, -0.2) is 0 Å². The van der Waals surface area contributed by atoms with Crippen LogP contribution in [-0.4, -0.2) is 25.2 Å². The summed E-state index contributed by atoms with van der Waals surface area (Å²) in [7, 11) is 0. The Labute approximate surface area is 124 Å². The summed E-state index contributed by atoms with van der Waals surface area (Å²) in [6.45, 7) is 5.32. The molecule has 0 bridgehead atoms. The smallest absolute Gasteiger partial charge is 0.323 e. The Morgan fingerprint density at radius 1 is 1.10 bits per heavy atom. The zero-order chi connectivity index (χ0) is 15.2. The molecule has 1 aromatic carbocycles. The second-order valence-corrected chi connectivity index (χ2v) is 4.95. The average Bonchev–Trinajstić information content (AvgIpc) is 2.41. The lowest BCUT2D eigenvalue weighted by Crippen LogP contribution is -2.41. The van der Waals surface area contributed by atoms with E-state index in [-0.39, 0.29) is 19.6 Å². The summed E-state index contributed by atoms with van der Waals surface area (Å²) < 4.78 is 10.0. The van der Waals surface area contributed by atoms with Crippen LogP contribution < -0.4 is 0 Å². The monoisotopic (exact) mass is 298 g/mol. The van der Waals surface area contributed by atoms with Crippen molar-refractivity contribution in [1.82, 2.24) is 0 Å². The van der Waals surface area contributed by atoms with Crippen LogP contribution >= 0.6 is 11.6 Å². The van der Waals surface area contributed by atoms with E-state index in [0.29, 0.717) is 10.6 Å². The second kappa shape index (κ2) is 7.29. The number of carbonyl (C=O) groups excluding carboxylic acids is 2. The van der Waals surface area contributed by atoms with E-state index in [4.69, 9.17) is 21.1 Å². The molecule has 1 rings (SSSR count). The molecule has 0 atom stereocenters. The number of halogens is 1. The van der Waals surface area contributed by atoms with Gasteiger partial charge in [-0.05, 0) is 32.4 Å². The Morgan fingerprint density at radius 3 is 2.05 bits per heavy atom. The van der Waals surface area contributed by atoms with E-state index in [0.717, 1.165) is 0 Å². The predicted octanol–water partition coefficient (Wildman–Crippen LogP) is 3.02. The molecular weight excluding hydrogens is 280 g/mol. The van der Waals surface area contributed by atoms with E-state index in [2.05, 4.69) is 0 Å². The Kier molecular flexibility index (Phi) is 6.02. The quantitative estimate of drug-likeness (QED) is 0.598. The van der Waals surface area contributed by atoms with Crippen LogP contribution in [0.2, 0.25) is 5.02 Å². The van der Waals surface area contributed by atoms with Crippen LogP contribution in [0.3, 0.4) is 0 Å². The van der Waals surface area contributed by atoms with Crippen molar-refractivity contribution in [2.24, 2.45) is 5.41 Å². The van der Waals surface area contributed by atoms with Crippen molar-refractivity contribution in [1.29, 1.82) is 0 Å². The van der Waals surface area contributed by atoms with Gasteiger partial charge >= 0.3 is 11.9 Å². The molecule has 0 spiro atoms. The fourth-order valence-corrected chi connectivity index (χ4v) is 2.03. The van der Waals surface area contributed by atoms with Crippen LogP contribution in [0.4, 0.5) is 0 Å². The third-order valence-corrected chi connectivity index (χ3v) is 3.32. The molecular formula is C15H19ClO4.